The minimum absolute atomic E-state index is 0.0192. The molecule has 0 spiro atoms. The largest absolute Gasteiger partial charge is 0.408 e. The quantitative estimate of drug-likeness (QED) is 0.854. The molecule has 0 radical (unpaired) electrons. The fourth-order valence-corrected chi connectivity index (χ4v) is 1.53. The SMILES string of the molecule is Nc1ccc(-c2nnnn2CC(F)(F)F)cc1Cl. The number of nitrogens with zero attached hydrogens (tertiary/aromatic N) is 4. The Hall–Kier alpha value is -1.83. The fourth-order valence-electron chi connectivity index (χ4n) is 1.35. The van der Waals surface area contributed by atoms with Crippen LogP contribution in [0.4, 0.5) is 18.9 Å². The molecule has 0 unspecified atom stereocenters. The van der Waals surface area contributed by atoms with Crippen LogP contribution < -0.4 is 5.73 Å². The van der Waals surface area contributed by atoms with E-state index in [4.69, 9.17) is 17.3 Å². The number of hydrogen-bond acceptors (Lipinski definition) is 4. The monoisotopic (exact) mass is 277 g/mol. The van der Waals surface area contributed by atoms with Crippen molar-refractivity contribution in [3.05, 3.63) is 23.2 Å². The maximum atomic E-state index is 12.3. The van der Waals surface area contributed by atoms with Gasteiger partial charge in [-0.25, -0.2) is 4.68 Å². The summed E-state index contributed by atoms with van der Waals surface area (Å²) in [6.45, 7) is -1.27. The Morgan fingerprint density at radius 2 is 2.06 bits per heavy atom. The lowest BCUT2D eigenvalue weighted by Gasteiger charge is -2.08. The average molecular weight is 278 g/mol. The lowest BCUT2D eigenvalue weighted by Crippen LogP contribution is -2.19. The molecule has 9 heteroatoms. The highest BCUT2D eigenvalue weighted by molar-refractivity contribution is 6.33. The molecule has 0 atom stereocenters. The fraction of sp³-hybridized carbons (Fsp3) is 0.222. The van der Waals surface area contributed by atoms with E-state index < -0.39 is 12.7 Å². The summed E-state index contributed by atoms with van der Waals surface area (Å²) in [4.78, 5) is 0. The van der Waals surface area contributed by atoms with Crippen LogP contribution in [0.1, 0.15) is 0 Å². The number of rotatable bonds is 2. The van der Waals surface area contributed by atoms with Crippen LogP contribution in [0.2, 0.25) is 5.02 Å². The Labute approximate surface area is 104 Å². The summed E-state index contributed by atoms with van der Waals surface area (Å²) in [5.41, 5.74) is 6.20. The third-order valence-electron chi connectivity index (χ3n) is 2.12. The molecule has 1 aromatic heterocycles. The second kappa shape index (κ2) is 4.45. The lowest BCUT2D eigenvalue weighted by atomic mass is 10.2. The molecule has 1 aromatic carbocycles. The summed E-state index contributed by atoms with van der Waals surface area (Å²) in [5, 5.41) is 10.3. The zero-order valence-electron chi connectivity index (χ0n) is 8.82. The summed E-state index contributed by atoms with van der Waals surface area (Å²) in [6, 6.07) is 4.39. The van der Waals surface area contributed by atoms with E-state index in [9.17, 15) is 13.2 Å². The molecule has 96 valence electrons. The molecular weight excluding hydrogens is 271 g/mol. The molecule has 18 heavy (non-hydrogen) atoms. The second-order valence-electron chi connectivity index (χ2n) is 3.51. The van der Waals surface area contributed by atoms with E-state index in [0.717, 1.165) is 0 Å². The summed E-state index contributed by atoms with van der Waals surface area (Å²) in [5.74, 6) is -0.0192. The first-order valence-electron chi connectivity index (χ1n) is 4.75. The topological polar surface area (TPSA) is 69.6 Å². The van der Waals surface area contributed by atoms with E-state index in [2.05, 4.69) is 15.5 Å². The highest BCUT2D eigenvalue weighted by atomic mass is 35.5. The minimum atomic E-state index is -4.40. The van der Waals surface area contributed by atoms with Crippen molar-refractivity contribution in [2.24, 2.45) is 0 Å². The van der Waals surface area contributed by atoms with Crippen LogP contribution in [0, 0.1) is 0 Å². The Bertz CT molecular complexity index is 566. The van der Waals surface area contributed by atoms with Gasteiger partial charge >= 0.3 is 6.18 Å². The first kappa shape index (κ1) is 12.6. The van der Waals surface area contributed by atoms with Gasteiger partial charge in [-0.1, -0.05) is 11.6 Å². The third-order valence-corrected chi connectivity index (χ3v) is 2.45. The standard InChI is InChI=1S/C9H7ClF3N5/c10-6-3-5(1-2-7(6)14)8-15-16-17-18(8)4-9(11,12)13/h1-3H,4,14H2. The van der Waals surface area contributed by atoms with Gasteiger partial charge in [0.15, 0.2) is 5.82 Å². The molecule has 2 N–H and O–H groups in total. The Morgan fingerprint density at radius 1 is 1.33 bits per heavy atom. The molecule has 2 rings (SSSR count). The first-order valence-corrected chi connectivity index (χ1v) is 5.13. The maximum absolute atomic E-state index is 12.3. The molecule has 5 nitrogen and oxygen atoms in total. The first-order chi connectivity index (χ1) is 8.37. The van der Waals surface area contributed by atoms with Crippen molar-refractivity contribution in [2.75, 3.05) is 5.73 Å². The molecule has 0 fully saturated rings. The van der Waals surface area contributed by atoms with E-state index in [1.807, 2.05) is 0 Å². The van der Waals surface area contributed by atoms with Crippen molar-refractivity contribution < 1.29 is 13.2 Å². The number of tetrazole rings is 1. The summed E-state index contributed by atoms with van der Waals surface area (Å²) < 4.78 is 37.5. The molecule has 0 aliphatic carbocycles. The predicted octanol–water partition coefficient (Wildman–Crippen LogP) is 2.14. The van der Waals surface area contributed by atoms with Gasteiger partial charge in [0.05, 0.1) is 10.7 Å². The average Bonchev–Trinajstić information content (AvgIpc) is 2.67. The van der Waals surface area contributed by atoms with Crippen LogP contribution in [-0.4, -0.2) is 26.4 Å². The Balaban J connectivity index is 2.39. The highest BCUT2D eigenvalue weighted by Crippen LogP contribution is 2.26. The van der Waals surface area contributed by atoms with Crippen molar-refractivity contribution in [1.82, 2.24) is 20.2 Å². The van der Waals surface area contributed by atoms with Gasteiger partial charge in [0.2, 0.25) is 0 Å². The summed E-state index contributed by atoms with van der Waals surface area (Å²) in [6.07, 6.45) is -4.40. The van der Waals surface area contributed by atoms with E-state index in [0.29, 0.717) is 15.9 Å². The third kappa shape index (κ3) is 2.70. The molecule has 0 aliphatic rings. The van der Waals surface area contributed by atoms with E-state index in [1.165, 1.54) is 18.2 Å². The number of alkyl halides is 3. The summed E-state index contributed by atoms with van der Waals surface area (Å²) in [7, 11) is 0. The maximum Gasteiger partial charge on any atom is 0.408 e. The molecule has 0 aliphatic heterocycles. The number of anilines is 1. The van der Waals surface area contributed by atoms with Gasteiger partial charge in [-0.2, -0.15) is 13.2 Å². The van der Waals surface area contributed by atoms with Crippen molar-refractivity contribution >= 4 is 17.3 Å². The molecule has 0 saturated heterocycles. The Morgan fingerprint density at radius 3 is 2.67 bits per heavy atom. The van der Waals surface area contributed by atoms with Crippen molar-refractivity contribution in [3.8, 4) is 11.4 Å². The van der Waals surface area contributed by atoms with Gasteiger partial charge in [-0.15, -0.1) is 5.10 Å². The minimum Gasteiger partial charge on any atom is -0.398 e. The van der Waals surface area contributed by atoms with Gasteiger partial charge < -0.3 is 5.73 Å². The van der Waals surface area contributed by atoms with Gasteiger partial charge in [0.1, 0.15) is 6.54 Å². The smallest absolute Gasteiger partial charge is 0.398 e. The van der Waals surface area contributed by atoms with E-state index in [1.54, 1.807) is 0 Å². The van der Waals surface area contributed by atoms with Crippen LogP contribution in [0.25, 0.3) is 11.4 Å². The lowest BCUT2D eigenvalue weighted by molar-refractivity contribution is -0.142. The van der Waals surface area contributed by atoms with Crippen molar-refractivity contribution in [1.29, 1.82) is 0 Å². The van der Waals surface area contributed by atoms with Crippen LogP contribution in [0.3, 0.4) is 0 Å². The second-order valence-corrected chi connectivity index (χ2v) is 3.92. The molecule has 0 bridgehead atoms. The molecule has 2 aromatic rings. The molecule has 1 heterocycles. The van der Waals surface area contributed by atoms with Crippen LogP contribution in [-0.2, 0) is 6.54 Å². The normalized spacial score (nSPS) is 11.8. The van der Waals surface area contributed by atoms with Gasteiger partial charge in [0, 0.05) is 5.56 Å². The molecule has 0 saturated carbocycles. The number of benzene rings is 1. The highest BCUT2D eigenvalue weighted by Gasteiger charge is 2.30. The summed E-state index contributed by atoms with van der Waals surface area (Å²) >= 11 is 5.79. The number of nitrogen functional groups attached to an aromatic ring is 1. The van der Waals surface area contributed by atoms with Gasteiger partial charge in [-0.05, 0) is 28.6 Å². The van der Waals surface area contributed by atoms with Crippen LogP contribution >= 0.6 is 11.6 Å². The van der Waals surface area contributed by atoms with E-state index in [-0.39, 0.29) is 10.8 Å². The van der Waals surface area contributed by atoms with Crippen LogP contribution in [0.5, 0.6) is 0 Å². The van der Waals surface area contributed by atoms with E-state index >= 15 is 0 Å². The van der Waals surface area contributed by atoms with Crippen LogP contribution in [0.15, 0.2) is 18.2 Å². The number of hydrogen-bond donors (Lipinski definition) is 1. The number of nitrogens with two attached hydrogens (primary N) is 1. The number of halogens is 4. The van der Waals surface area contributed by atoms with Crippen molar-refractivity contribution in [2.45, 2.75) is 12.7 Å². The zero-order valence-corrected chi connectivity index (χ0v) is 9.57. The molecule has 0 amide bonds. The number of aromatic nitrogens is 4. The van der Waals surface area contributed by atoms with Gasteiger partial charge in [-0.3, -0.25) is 0 Å². The van der Waals surface area contributed by atoms with Gasteiger partial charge in [0.25, 0.3) is 0 Å². The predicted molar refractivity (Wildman–Crippen MR) is 58.7 cm³/mol. The zero-order chi connectivity index (χ0) is 13.3. The van der Waals surface area contributed by atoms with Crippen molar-refractivity contribution in [3.63, 3.8) is 0 Å². The molecular formula is C9H7ClF3N5. The Kier molecular flexibility index (Phi) is 3.12.